The van der Waals surface area contributed by atoms with Crippen LogP contribution in [0.1, 0.15) is 26.2 Å². The lowest BCUT2D eigenvalue weighted by molar-refractivity contribution is -0.143. The maximum Gasteiger partial charge on any atom is 0.322 e. The zero-order chi connectivity index (χ0) is 11.5. The van der Waals surface area contributed by atoms with Gasteiger partial charge in [0.25, 0.3) is 0 Å². The summed E-state index contributed by atoms with van der Waals surface area (Å²) in [5, 5.41) is 6.48. The fraction of sp³-hybridized carbons (Fsp3) is 0.889. The Morgan fingerprint density at radius 3 is 2.93 bits per heavy atom. The van der Waals surface area contributed by atoms with Gasteiger partial charge >= 0.3 is 5.97 Å². The zero-order valence-corrected chi connectivity index (χ0v) is 9.27. The van der Waals surface area contributed by atoms with Gasteiger partial charge in [-0.1, -0.05) is 18.5 Å². The lowest BCUT2D eigenvalue weighted by atomic mass is 10.1. The van der Waals surface area contributed by atoms with Crippen LogP contribution in [0.25, 0.3) is 10.4 Å². The van der Waals surface area contributed by atoms with Crippen LogP contribution < -0.4 is 5.32 Å². The first-order valence-corrected chi connectivity index (χ1v) is 5.08. The summed E-state index contributed by atoms with van der Waals surface area (Å²) in [7, 11) is 1.38. The van der Waals surface area contributed by atoms with Gasteiger partial charge in [0.15, 0.2) is 0 Å². The molecule has 0 saturated heterocycles. The Hall–Kier alpha value is -1.26. The van der Waals surface area contributed by atoms with Gasteiger partial charge in [-0.3, -0.25) is 4.79 Å². The predicted octanol–water partition coefficient (Wildman–Crippen LogP) is 1.62. The number of carbonyl (C=O) groups excluding carboxylic acids is 1. The molecule has 0 fully saturated rings. The summed E-state index contributed by atoms with van der Waals surface area (Å²) in [5.41, 5.74) is 8.05. The van der Waals surface area contributed by atoms with Crippen molar-refractivity contribution in [1.82, 2.24) is 5.32 Å². The molecule has 0 aromatic rings. The molecule has 6 nitrogen and oxygen atoms in total. The van der Waals surface area contributed by atoms with Gasteiger partial charge in [-0.05, 0) is 24.9 Å². The van der Waals surface area contributed by atoms with Crippen molar-refractivity contribution in [3.8, 4) is 0 Å². The molecule has 0 aliphatic rings. The maximum absolute atomic E-state index is 11.3. The summed E-state index contributed by atoms with van der Waals surface area (Å²) in [6.45, 7) is 3.11. The molecule has 0 amide bonds. The highest BCUT2D eigenvalue weighted by Crippen LogP contribution is 1.99. The third kappa shape index (κ3) is 6.76. The molecule has 0 aromatic heterocycles. The van der Waals surface area contributed by atoms with Gasteiger partial charge in [0, 0.05) is 11.5 Å². The molecule has 1 atom stereocenters. The second kappa shape index (κ2) is 9.30. The summed E-state index contributed by atoms with van der Waals surface area (Å²) in [5.74, 6) is -0.236. The first-order valence-electron chi connectivity index (χ1n) is 5.08. The van der Waals surface area contributed by atoms with E-state index in [-0.39, 0.29) is 12.0 Å². The maximum atomic E-state index is 11.3. The Bertz CT molecular complexity index is 226. The number of hydrogen-bond donors (Lipinski definition) is 1. The molecular weight excluding hydrogens is 196 g/mol. The third-order valence-electron chi connectivity index (χ3n) is 1.95. The topological polar surface area (TPSA) is 87.1 Å². The number of nitrogens with zero attached hydrogens (tertiary/aromatic N) is 3. The Labute approximate surface area is 89.6 Å². The average molecular weight is 214 g/mol. The highest BCUT2D eigenvalue weighted by molar-refractivity contribution is 5.75. The Kier molecular flexibility index (Phi) is 8.52. The van der Waals surface area contributed by atoms with Crippen molar-refractivity contribution in [2.45, 2.75) is 32.2 Å². The summed E-state index contributed by atoms with van der Waals surface area (Å²) < 4.78 is 4.66. The van der Waals surface area contributed by atoms with E-state index in [2.05, 4.69) is 20.1 Å². The normalized spacial score (nSPS) is 11.6. The highest BCUT2D eigenvalue weighted by atomic mass is 16.5. The second-order valence-corrected chi connectivity index (χ2v) is 3.13. The van der Waals surface area contributed by atoms with E-state index in [0.29, 0.717) is 13.1 Å². The van der Waals surface area contributed by atoms with E-state index < -0.39 is 0 Å². The third-order valence-corrected chi connectivity index (χ3v) is 1.95. The van der Waals surface area contributed by atoms with Crippen molar-refractivity contribution in [2.75, 3.05) is 20.2 Å². The minimum atomic E-state index is -0.244. The van der Waals surface area contributed by atoms with E-state index in [0.717, 1.165) is 19.3 Å². The number of esters is 1. The molecule has 0 rings (SSSR count). The molecule has 1 unspecified atom stereocenters. The first kappa shape index (κ1) is 13.7. The molecule has 0 spiro atoms. The van der Waals surface area contributed by atoms with Crippen LogP contribution >= 0.6 is 0 Å². The monoisotopic (exact) mass is 214 g/mol. The van der Waals surface area contributed by atoms with E-state index in [4.69, 9.17) is 5.53 Å². The molecule has 6 heteroatoms. The van der Waals surface area contributed by atoms with Crippen molar-refractivity contribution < 1.29 is 9.53 Å². The van der Waals surface area contributed by atoms with Crippen LogP contribution in [0.3, 0.4) is 0 Å². The number of nitrogens with one attached hydrogen (secondary N) is 1. The standard InChI is InChI=1S/C9H18N4O2/c1-3-5-8(9(14)15-2)11-6-4-7-12-13-10/h8,11H,3-7H2,1-2H3. The van der Waals surface area contributed by atoms with Crippen LogP contribution in [0.2, 0.25) is 0 Å². The van der Waals surface area contributed by atoms with Crippen LogP contribution in [0.4, 0.5) is 0 Å². The first-order chi connectivity index (χ1) is 7.26. The molecule has 1 N–H and O–H groups in total. The molecule has 0 radical (unpaired) electrons. The molecule has 86 valence electrons. The van der Waals surface area contributed by atoms with E-state index in [1.54, 1.807) is 0 Å². The molecule has 0 bridgehead atoms. The van der Waals surface area contributed by atoms with Gasteiger partial charge in [0.1, 0.15) is 6.04 Å². The molecular formula is C9H18N4O2. The van der Waals surface area contributed by atoms with E-state index in [1.807, 2.05) is 6.92 Å². The van der Waals surface area contributed by atoms with E-state index in [1.165, 1.54) is 7.11 Å². The number of rotatable bonds is 8. The number of hydrogen-bond acceptors (Lipinski definition) is 4. The van der Waals surface area contributed by atoms with E-state index in [9.17, 15) is 4.79 Å². The largest absolute Gasteiger partial charge is 0.468 e. The minimum absolute atomic E-state index is 0.236. The zero-order valence-electron chi connectivity index (χ0n) is 9.27. The van der Waals surface area contributed by atoms with Crippen LogP contribution in [0, 0.1) is 0 Å². The van der Waals surface area contributed by atoms with Gasteiger partial charge in [-0.15, -0.1) is 0 Å². The molecule has 0 saturated carbocycles. The van der Waals surface area contributed by atoms with Gasteiger partial charge in [0.2, 0.25) is 0 Å². The van der Waals surface area contributed by atoms with Crippen LogP contribution in [-0.2, 0) is 9.53 Å². The number of azide groups is 1. The summed E-state index contributed by atoms with van der Waals surface area (Å²) >= 11 is 0. The van der Waals surface area contributed by atoms with Gasteiger partial charge in [-0.2, -0.15) is 0 Å². The fourth-order valence-corrected chi connectivity index (χ4v) is 1.20. The molecule has 15 heavy (non-hydrogen) atoms. The van der Waals surface area contributed by atoms with Crippen molar-refractivity contribution in [2.24, 2.45) is 5.11 Å². The molecule has 0 heterocycles. The van der Waals surface area contributed by atoms with Crippen LogP contribution in [-0.4, -0.2) is 32.2 Å². The molecule has 0 aliphatic carbocycles. The SMILES string of the molecule is CCCC(NCCCN=[N+]=[N-])C(=O)OC. The van der Waals surface area contributed by atoms with Gasteiger partial charge in [0.05, 0.1) is 7.11 Å². The molecule has 0 aliphatic heterocycles. The summed E-state index contributed by atoms with van der Waals surface area (Å²) in [4.78, 5) is 13.9. The number of carbonyl (C=O) groups is 1. The van der Waals surface area contributed by atoms with Crippen molar-refractivity contribution >= 4 is 5.97 Å². The van der Waals surface area contributed by atoms with Gasteiger partial charge < -0.3 is 10.1 Å². The van der Waals surface area contributed by atoms with Crippen molar-refractivity contribution in [3.05, 3.63) is 10.4 Å². The Balaban J connectivity index is 3.75. The average Bonchev–Trinajstić information content (AvgIpc) is 2.26. The smallest absolute Gasteiger partial charge is 0.322 e. The van der Waals surface area contributed by atoms with Crippen LogP contribution in [0.5, 0.6) is 0 Å². The van der Waals surface area contributed by atoms with Crippen LogP contribution in [0.15, 0.2) is 5.11 Å². The molecule has 0 aromatic carbocycles. The van der Waals surface area contributed by atoms with Crippen molar-refractivity contribution in [3.63, 3.8) is 0 Å². The number of methoxy groups -OCH3 is 1. The minimum Gasteiger partial charge on any atom is -0.468 e. The quantitative estimate of drug-likeness (QED) is 0.219. The Morgan fingerprint density at radius 2 is 2.40 bits per heavy atom. The summed E-state index contributed by atoms with van der Waals surface area (Å²) in [6.07, 6.45) is 2.40. The fourth-order valence-electron chi connectivity index (χ4n) is 1.20. The van der Waals surface area contributed by atoms with Gasteiger partial charge in [-0.25, -0.2) is 0 Å². The predicted molar refractivity (Wildman–Crippen MR) is 57.3 cm³/mol. The lowest BCUT2D eigenvalue weighted by Gasteiger charge is -2.14. The second-order valence-electron chi connectivity index (χ2n) is 3.13. The number of ether oxygens (including phenoxy) is 1. The van der Waals surface area contributed by atoms with Crippen molar-refractivity contribution in [1.29, 1.82) is 0 Å². The lowest BCUT2D eigenvalue weighted by Crippen LogP contribution is -2.38. The highest BCUT2D eigenvalue weighted by Gasteiger charge is 2.16. The van der Waals surface area contributed by atoms with E-state index >= 15 is 0 Å². The summed E-state index contributed by atoms with van der Waals surface area (Å²) in [6, 6.07) is -0.244. The Morgan fingerprint density at radius 1 is 1.67 bits per heavy atom.